The van der Waals surface area contributed by atoms with Crippen LogP contribution in [0.25, 0.3) is 0 Å². The van der Waals surface area contributed by atoms with Crippen LogP contribution in [0.1, 0.15) is 39.3 Å². The number of hydrogen-bond donors (Lipinski definition) is 2. The molecule has 1 atom stereocenters. The van der Waals surface area contributed by atoms with Crippen molar-refractivity contribution in [3.05, 3.63) is 35.9 Å². The fourth-order valence-electron chi connectivity index (χ4n) is 2.64. The molecule has 0 aliphatic carbocycles. The van der Waals surface area contributed by atoms with Crippen LogP contribution in [0.15, 0.2) is 35.3 Å². The predicted molar refractivity (Wildman–Crippen MR) is 110 cm³/mol. The van der Waals surface area contributed by atoms with Crippen LogP contribution in [0, 0.1) is 0 Å². The molecule has 26 heavy (non-hydrogen) atoms. The minimum absolute atomic E-state index is 0.215. The molecular formula is C19H34N4O2S. The maximum atomic E-state index is 11.9. The summed E-state index contributed by atoms with van der Waals surface area (Å²) < 4.78 is 22.9. The maximum absolute atomic E-state index is 11.9. The van der Waals surface area contributed by atoms with Crippen molar-refractivity contribution < 1.29 is 8.42 Å². The van der Waals surface area contributed by atoms with Crippen LogP contribution in [0.4, 0.5) is 0 Å². The van der Waals surface area contributed by atoms with Gasteiger partial charge in [-0.3, -0.25) is 9.89 Å². The Morgan fingerprint density at radius 1 is 1.15 bits per heavy atom. The summed E-state index contributed by atoms with van der Waals surface area (Å²) in [5.41, 5.74) is 1.25. The molecule has 1 aromatic rings. The van der Waals surface area contributed by atoms with E-state index in [2.05, 4.69) is 46.5 Å². The SMILES string of the molecule is CCN(CC)C(CNC(=NC)NCC(C)(C)S(C)(=O)=O)c1ccccc1. The highest BCUT2D eigenvalue weighted by Gasteiger charge is 2.30. The monoisotopic (exact) mass is 382 g/mol. The largest absolute Gasteiger partial charge is 0.355 e. The highest BCUT2D eigenvalue weighted by Crippen LogP contribution is 2.19. The minimum Gasteiger partial charge on any atom is -0.355 e. The van der Waals surface area contributed by atoms with E-state index < -0.39 is 14.6 Å². The van der Waals surface area contributed by atoms with Gasteiger partial charge in [-0.1, -0.05) is 44.2 Å². The zero-order chi connectivity index (χ0) is 19.8. The van der Waals surface area contributed by atoms with Crippen LogP contribution >= 0.6 is 0 Å². The van der Waals surface area contributed by atoms with Crippen LogP contribution < -0.4 is 10.6 Å². The summed E-state index contributed by atoms with van der Waals surface area (Å²) >= 11 is 0. The van der Waals surface area contributed by atoms with Crippen molar-refractivity contribution in [1.82, 2.24) is 15.5 Å². The van der Waals surface area contributed by atoms with Crippen LogP contribution in [-0.4, -0.2) is 63.5 Å². The standard InChI is InChI=1S/C19H34N4O2S/c1-7-23(8-2)17(16-12-10-9-11-13-16)14-21-18(20-5)22-15-19(3,4)26(6,24)25/h9-13,17H,7-8,14-15H2,1-6H3,(H2,20,21,22). The van der Waals surface area contributed by atoms with Crippen molar-refractivity contribution >= 4 is 15.8 Å². The quantitative estimate of drug-likeness (QED) is 0.505. The van der Waals surface area contributed by atoms with Gasteiger partial charge in [0.05, 0.1) is 10.8 Å². The third-order valence-corrected chi connectivity index (χ3v) is 6.96. The normalized spacial score (nSPS) is 14.3. The highest BCUT2D eigenvalue weighted by molar-refractivity contribution is 7.92. The molecule has 0 aliphatic heterocycles. The molecule has 7 heteroatoms. The summed E-state index contributed by atoms with van der Waals surface area (Å²) in [7, 11) is -1.46. The summed E-state index contributed by atoms with van der Waals surface area (Å²) in [5, 5.41) is 6.48. The first-order valence-corrected chi connectivity index (χ1v) is 11.0. The second-order valence-corrected chi connectivity index (χ2v) is 9.64. The minimum atomic E-state index is -3.16. The zero-order valence-corrected chi connectivity index (χ0v) is 17.7. The van der Waals surface area contributed by atoms with Gasteiger partial charge in [-0.25, -0.2) is 8.42 Å². The third kappa shape index (κ3) is 6.29. The van der Waals surface area contributed by atoms with Crippen molar-refractivity contribution in [3.8, 4) is 0 Å². The van der Waals surface area contributed by atoms with Crippen LogP contribution in [-0.2, 0) is 9.84 Å². The molecule has 1 unspecified atom stereocenters. The first-order valence-electron chi connectivity index (χ1n) is 9.09. The Hall–Kier alpha value is -1.60. The molecule has 0 spiro atoms. The number of likely N-dealkylation sites (N-methyl/N-ethyl adjacent to an activating group) is 1. The van der Waals surface area contributed by atoms with Crippen molar-refractivity contribution in [3.63, 3.8) is 0 Å². The summed E-state index contributed by atoms with van der Waals surface area (Å²) in [6.07, 6.45) is 1.26. The molecule has 148 valence electrons. The average Bonchev–Trinajstić information content (AvgIpc) is 2.60. The molecule has 0 saturated heterocycles. The Balaban J connectivity index is 2.80. The number of guanidine groups is 1. The lowest BCUT2D eigenvalue weighted by atomic mass is 10.1. The topological polar surface area (TPSA) is 73.8 Å². The molecule has 1 rings (SSSR count). The Bertz CT molecular complexity index is 668. The van der Waals surface area contributed by atoms with Crippen LogP contribution in [0.3, 0.4) is 0 Å². The summed E-state index contributed by atoms with van der Waals surface area (Å²) in [5.74, 6) is 0.606. The number of nitrogens with zero attached hydrogens (tertiary/aromatic N) is 2. The van der Waals surface area contributed by atoms with Gasteiger partial charge in [0.1, 0.15) is 0 Å². The van der Waals surface area contributed by atoms with Crippen LogP contribution in [0.5, 0.6) is 0 Å². The van der Waals surface area contributed by atoms with Crippen LogP contribution in [0.2, 0.25) is 0 Å². The van der Waals surface area contributed by atoms with Gasteiger partial charge in [-0.15, -0.1) is 0 Å². The van der Waals surface area contributed by atoms with Crippen molar-refractivity contribution in [2.24, 2.45) is 4.99 Å². The summed E-state index contributed by atoms with van der Waals surface area (Å²) in [6, 6.07) is 10.6. The number of hydrogen-bond acceptors (Lipinski definition) is 4. The molecule has 0 fully saturated rings. The molecule has 0 aromatic heterocycles. The lowest BCUT2D eigenvalue weighted by molar-refractivity contribution is 0.219. The van der Waals surface area contributed by atoms with E-state index in [1.807, 2.05) is 18.2 Å². The summed E-state index contributed by atoms with van der Waals surface area (Å²) in [4.78, 5) is 6.62. The van der Waals surface area contributed by atoms with E-state index in [0.717, 1.165) is 13.1 Å². The third-order valence-electron chi connectivity index (χ3n) is 4.81. The Kier molecular flexibility index (Phi) is 8.56. The number of aliphatic imine (C=N–C) groups is 1. The molecule has 0 bridgehead atoms. The number of sulfone groups is 1. The van der Waals surface area contributed by atoms with Gasteiger partial charge in [0.2, 0.25) is 0 Å². The lowest BCUT2D eigenvalue weighted by Gasteiger charge is -2.31. The first-order chi connectivity index (χ1) is 12.2. The van der Waals surface area contributed by atoms with Gasteiger partial charge in [-0.05, 0) is 32.5 Å². The van der Waals surface area contributed by atoms with Crippen molar-refractivity contribution in [2.45, 2.75) is 38.5 Å². The Morgan fingerprint density at radius 3 is 2.19 bits per heavy atom. The predicted octanol–water partition coefficient (Wildman–Crippen LogP) is 2.06. The fourth-order valence-corrected chi connectivity index (χ4v) is 2.97. The van der Waals surface area contributed by atoms with E-state index in [9.17, 15) is 8.42 Å². The zero-order valence-electron chi connectivity index (χ0n) is 16.9. The Morgan fingerprint density at radius 2 is 1.73 bits per heavy atom. The van der Waals surface area contributed by atoms with Gasteiger partial charge in [0, 0.05) is 26.4 Å². The van der Waals surface area contributed by atoms with E-state index >= 15 is 0 Å². The van der Waals surface area contributed by atoms with Gasteiger partial charge in [-0.2, -0.15) is 0 Å². The molecular weight excluding hydrogens is 348 g/mol. The van der Waals surface area contributed by atoms with E-state index in [0.29, 0.717) is 19.0 Å². The van der Waals surface area contributed by atoms with E-state index in [1.165, 1.54) is 11.8 Å². The van der Waals surface area contributed by atoms with Gasteiger partial charge in [0.15, 0.2) is 15.8 Å². The average molecular weight is 383 g/mol. The van der Waals surface area contributed by atoms with Gasteiger partial charge in [0.25, 0.3) is 0 Å². The lowest BCUT2D eigenvalue weighted by Crippen LogP contribution is -2.49. The summed E-state index contributed by atoms with van der Waals surface area (Å²) in [6.45, 7) is 10.6. The van der Waals surface area contributed by atoms with E-state index in [4.69, 9.17) is 0 Å². The van der Waals surface area contributed by atoms with Crippen molar-refractivity contribution in [1.29, 1.82) is 0 Å². The molecule has 0 heterocycles. The van der Waals surface area contributed by atoms with Gasteiger partial charge < -0.3 is 10.6 Å². The van der Waals surface area contributed by atoms with Gasteiger partial charge >= 0.3 is 0 Å². The number of benzene rings is 1. The van der Waals surface area contributed by atoms with E-state index in [1.54, 1.807) is 20.9 Å². The molecule has 0 amide bonds. The van der Waals surface area contributed by atoms with Crippen molar-refractivity contribution in [2.75, 3.05) is 39.5 Å². The molecule has 0 saturated carbocycles. The maximum Gasteiger partial charge on any atom is 0.191 e. The fraction of sp³-hybridized carbons (Fsp3) is 0.632. The molecule has 1 aromatic carbocycles. The molecule has 0 radical (unpaired) electrons. The molecule has 2 N–H and O–H groups in total. The number of rotatable bonds is 9. The second kappa shape index (κ2) is 9.92. The smallest absolute Gasteiger partial charge is 0.191 e. The first kappa shape index (κ1) is 22.4. The second-order valence-electron chi connectivity index (χ2n) is 6.99. The molecule has 6 nitrogen and oxygen atoms in total. The highest BCUT2D eigenvalue weighted by atomic mass is 32.2. The molecule has 0 aliphatic rings. The van der Waals surface area contributed by atoms with E-state index in [-0.39, 0.29) is 6.04 Å². The Labute approximate surface area is 159 Å². The number of nitrogens with one attached hydrogen (secondary N) is 2.